The molecule has 0 aliphatic carbocycles. The van der Waals surface area contributed by atoms with Gasteiger partial charge in [0, 0.05) is 6.07 Å². The third kappa shape index (κ3) is 2.36. The zero-order chi connectivity index (χ0) is 12.1. The van der Waals surface area contributed by atoms with Gasteiger partial charge in [-0.3, -0.25) is 14.9 Å². The van der Waals surface area contributed by atoms with Gasteiger partial charge in [-0.1, -0.05) is 18.1 Å². The van der Waals surface area contributed by atoms with Crippen LogP contribution >= 0.6 is 0 Å². The van der Waals surface area contributed by atoms with E-state index in [1.54, 1.807) is 13.0 Å². The Labute approximate surface area is 92.6 Å². The second kappa shape index (κ2) is 4.94. The zero-order valence-electron chi connectivity index (χ0n) is 8.69. The highest BCUT2D eigenvalue weighted by molar-refractivity contribution is 5.99. The first kappa shape index (κ1) is 11.7. The molecule has 0 spiro atoms. The van der Waals surface area contributed by atoms with Crippen LogP contribution in [0.5, 0.6) is 0 Å². The maximum absolute atomic E-state index is 11.6. The quantitative estimate of drug-likeness (QED) is 0.471. The molecule has 1 aromatic rings. The lowest BCUT2D eigenvalue weighted by atomic mass is 10.1. The van der Waals surface area contributed by atoms with Crippen LogP contribution in [-0.4, -0.2) is 17.4 Å². The number of terminal acetylenes is 1. The first-order valence-electron chi connectivity index (χ1n) is 4.53. The van der Waals surface area contributed by atoms with Crippen molar-refractivity contribution in [3.05, 3.63) is 39.4 Å². The molecular formula is C11H10N2O3. The summed E-state index contributed by atoms with van der Waals surface area (Å²) in [5, 5.41) is 13.1. The van der Waals surface area contributed by atoms with Crippen molar-refractivity contribution in [2.75, 3.05) is 6.54 Å². The fourth-order valence-electron chi connectivity index (χ4n) is 1.32. The largest absolute Gasteiger partial charge is 0.341 e. The Morgan fingerprint density at radius 3 is 2.88 bits per heavy atom. The Morgan fingerprint density at radius 1 is 1.62 bits per heavy atom. The molecule has 0 saturated carbocycles. The fourth-order valence-corrected chi connectivity index (χ4v) is 1.32. The number of nitrogens with zero attached hydrogens (tertiary/aromatic N) is 1. The molecule has 0 atom stereocenters. The van der Waals surface area contributed by atoms with E-state index in [1.165, 1.54) is 12.1 Å². The highest BCUT2D eigenvalue weighted by Gasteiger charge is 2.21. The minimum Gasteiger partial charge on any atom is -0.341 e. The molecular weight excluding hydrogens is 208 g/mol. The van der Waals surface area contributed by atoms with E-state index in [2.05, 4.69) is 11.2 Å². The molecule has 0 aromatic heterocycles. The average molecular weight is 218 g/mol. The topological polar surface area (TPSA) is 72.2 Å². The van der Waals surface area contributed by atoms with E-state index in [0.29, 0.717) is 5.56 Å². The molecule has 1 aromatic carbocycles. The first-order valence-corrected chi connectivity index (χ1v) is 4.53. The number of rotatable bonds is 3. The molecule has 0 bridgehead atoms. The first-order chi connectivity index (χ1) is 7.57. The van der Waals surface area contributed by atoms with Crippen LogP contribution in [-0.2, 0) is 0 Å². The van der Waals surface area contributed by atoms with Gasteiger partial charge in [-0.25, -0.2) is 0 Å². The molecule has 1 rings (SSSR count). The number of aryl methyl sites for hydroxylation is 1. The monoisotopic (exact) mass is 218 g/mol. The number of nitro groups is 1. The number of nitro benzene ring substituents is 1. The molecule has 5 nitrogen and oxygen atoms in total. The Bertz CT molecular complexity index is 475. The van der Waals surface area contributed by atoms with Gasteiger partial charge in [-0.15, -0.1) is 6.42 Å². The van der Waals surface area contributed by atoms with E-state index in [0.717, 1.165) is 0 Å². The van der Waals surface area contributed by atoms with Crippen LogP contribution in [0.2, 0.25) is 0 Å². The summed E-state index contributed by atoms with van der Waals surface area (Å²) in [5.74, 6) is 1.71. The highest BCUT2D eigenvalue weighted by atomic mass is 16.6. The highest BCUT2D eigenvalue weighted by Crippen LogP contribution is 2.21. The molecule has 0 aliphatic rings. The van der Waals surface area contributed by atoms with Crippen molar-refractivity contribution in [2.45, 2.75) is 6.92 Å². The Balaban J connectivity index is 3.16. The zero-order valence-corrected chi connectivity index (χ0v) is 8.69. The Hall–Kier alpha value is -2.35. The van der Waals surface area contributed by atoms with Gasteiger partial charge in [0.05, 0.1) is 11.5 Å². The maximum atomic E-state index is 11.6. The van der Waals surface area contributed by atoms with Crippen LogP contribution in [0.15, 0.2) is 18.2 Å². The lowest BCUT2D eigenvalue weighted by Crippen LogP contribution is -2.25. The summed E-state index contributed by atoms with van der Waals surface area (Å²) < 4.78 is 0. The second-order valence-corrected chi connectivity index (χ2v) is 3.11. The summed E-state index contributed by atoms with van der Waals surface area (Å²) in [4.78, 5) is 21.8. The van der Waals surface area contributed by atoms with Crippen LogP contribution in [0.1, 0.15) is 15.9 Å². The average Bonchev–Trinajstić information content (AvgIpc) is 2.25. The minimum absolute atomic E-state index is 0.0460. The summed E-state index contributed by atoms with van der Waals surface area (Å²) >= 11 is 0. The van der Waals surface area contributed by atoms with Crippen LogP contribution < -0.4 is 5.32 Å². The minimum atomic E-state index is -0.586. The van der Waals surface area contributed by atoms with Gasteiger partial charge in [0.1, 0.15) is 5.56 Å². The smallest absolute Gasteiger partial charge is 0.282 e. The van der Waals surface area contributed by atoms with Gasteiger partial charge in [0.25, 0.3) is 11.6 Å². The predicted molar refractivity (Wildman–Crippen MR) is 59.0 cm³/mol. The van der Waals surface area contributed by atoms with Crippen LogP contribution in [0.4, 0.5) is 5.69 Å². The van der Waals surface area contributed by atoms with Crippen LogP contribution in [0.3, 0.4) is 0 Å². The SMILES string of the molecule is C#CCNC(=O)c1c(C)cccc1[N+](=O)[O-]. The van der Waals surface area contributed by atoms with Crippen molar-refractivity contribution in [2.24, 2.45) is 0 Å². The lowest BCUT2D eigenvalue weighted by molar-refractivity contribution is -0.385. The molecule has 0 unspecified atom stereocenters. The molecule has 1 N–H and O–H groups in total. The molecule has 16 heavy (non-hydrogen) atoms. The summed E-state index contributed by atoms with van der Waals surface area (Å²) in [5.41, 5.74) is 0.390. The second-order valence-electron chi connectivity index (χ2n) is 3.11. The van der Waals surface area contributed by atoms with E-state index in [4.69, 9.17) is 6.42 Å². The summed E-state index contributed by atoms with van der Waals surface area (Å²) in [7, 11) is 0. The molecule has 1 amide bonds. The van der Waals surface area contributed by atoms with Crippen molar-refractivity contribution in [3.63, 3.8) is 0 Å². The van der Waals surface area contributed by atoms with Crippen LogP contribution in [0, 0.1) is 29.4 Å². The molecule has 0 saturated heterocycles. The third-order valence-corrected chi connectivity index (χ3v) is 2.03. The van der Waals surface area contributed by atoms with Crippen molar-refractivity contribution in [1.29, 1.82) is 0 Å². The van der Waals surface area contributed by atoms with Gasteiger partial charge in [-0.2, -0.15) is 0 Å². The fraction of sp³-hybridized carbons (Fsp3) is 0.182. The van der Waals surface area contributed by atoms with Gasteiger partial charge in [0.2, 0.25) is 0 Å². The van der Waals surface area contributed by atoms with Crippen LogP contribution in [0.25, 0.3) is 0 Å². The summed E-state index contributed by atoms with van der Waals surface area (Å²) in [6.45, 7) is 1.68. The number of carbonyl (C=O) groups excluding carboxylic acids is 1. The molecule has 0 aliphatic heterocycles. The predicted octanol–water partition coefficient (Wildman–Crippen LogP) is 1.27. The van der Waals surface area contributed by atoms with Gasteiger partial charge < -0.3 is 5.32 Å². The van der Waals surface area contributed by atoms with E-state index >= 15 is 0 Å². The lowest BCUT2D eigenvalue weighted by Gasteiger charge is -2.05. The summed E-state index contributed by atoms with van der Waals surface area (Å²) in [6.07, 6.45) is 4.99. The van der Waals surface area contributed by atoms with Crippen molar-refractivity contribution < 1.29 is 9.72 Å². The maximum Gasteiger partial charge on any atom is 0.282 e. The normalized spacial score (nSPS) is 9.25. The van der Waals surface area contributed by atoms with Crippen molar-refractivity contribution in [1.82, 2.24) is 5.32 Å². The Kier molecular flexibility index (Phi) is 3.62. The van der Waals surface area contributed by atoms with E-state index in [9.17, 15) is 14.9 Å². The number of benzene rings is 1. The number of hydrogen-bond acceptors (Lipinski definition) is 3. The van der Waals surface area contributed by atoms with Crippen molar-refractivity contribution >= 4 is 11.6 Å². The summed E-state index contributed by atoms with van der Waals surface area (Å²) in [6, 6.07) is 4.46. The van der Waals surface area contributed by atoms with Gasteiger partial charge in [0.15, 0.2) is 0 Å². The van der Waals surface area contributed by atoms with E-state index in [1.807, 2.05) is 0 Å². The number of amides is 1. The molecule has 0 fully saturated rings. The van der Waals surface area contributed by atoms with E-state index < -0.39 is 10.8 Å². The van der Waals surface area contributed by atoms with Gasteiger partial charge >= 0.3 is 0 Å². The number of hydrogen-bond donors (Lipinski definition) is 1. The standard InChI is InChI=1S/C11H10N2O3/c1-3-7-12-11(14)10-8(2)5-4-6-9(10)13(15)16/h1,4-6H,7H2,2H3,(H,12,14). The number of carbonyl (C=O) groups is 1. The van der Waals surface area contributed by atoms with Crippen molar-refractivity contribution in [3.8, 4) is 12.3 Å². The third-order valence-electron chi connectivity index (χ3n) is 2.03. The number of nitrogens with one attached hydrogen (secondary N) is 1. The molecule has 82 valence electrons. The van der Waals surface area contributed by atoms with Gasteiger partial charge in [-0.05, 0) is 12.5 Å². The van der Waals surface area contributed by atoms with E-state index in [-0.39, 0.29) is 17.8 Å². The Morgan fingerprint density at radius 2 is 2.31 bits per heavy atom. The molecule has 0 radical (unpaired) electrons. The molecule has 0 heterocycles. The molecule has 5 heteroatoms.